The standard InChI is InChI=1S/C29H40O3Si/c1-6-7-18-33(4,5)27-15-12-23(13-16-27)22-8-10-24(11-9-22)25-14-17-28(30)26(19-25)20-32-29(31)21(2)3/h8-11,14,17,19,23,27,30H,2,6-7,12-13,15-16,18,20H2,1,3-5H3. The van der Waals surface area contributed by atoms with Crippen LogP contribution in [0, 0.1) is 0 Å². The highest BCUT2D eigenvalue weighted by atomic mass is 28.3. The maximum atomic E-state index is 11.7. The minimum absolute atomic E-state index is 0.0324. The fourth-order valence-electron chi connectivity index (χ4n) is 5.14. The van der Waals surface area contributed by atoms with Crippen LogP contribution in [-0.2, 0) is 16.1 Å². The molecule has 0 heterocycles. The van der Waals surface area contributed by atoms with Gasteiger partial charge in [0.2, 0.25) is 0 Å². The number of rotatable bonds is 9. The number of esters is 1. The maximum absolute atomic E-state index is 11.7. The Bertz CT molecular complexity index is 953. The monoisotopic (exact) mass is 464 g/mol. The maximum Gasteiger partial charge on any atom is 0.333 e. The Labute approximate surface area is 200 Å². The highest BCUT2D eigenvalue weighted by Gasteiger charge is 2.34. The summed E-state index contributed by atoms with van der Waals surface area (Å²) in [6.07, 6.45) is 8.11. The largest absolute Gasteiger partial charge is 0.508 e. The van der Waals surface area contributed by atoms with Crippen molar-refractivity contribution in [3.8, 4) is 16.9 Å². The van der Waals surface area contributed by atoms with E-state index in [0.29, 0.717) is 17.1 Å². The number of phenolic OH excluding ortho intramolecular Hbond substituents is 1. The number of benzene rings is 2. The molecule has 3 rings (SSSR count). The van der Waals surface area contributed by atoms with Gasteiger partial charge in [0.1, 0.15) is 12.4 Å². The molecule has 1 saturated carbocycles. The lowest BCUT2D eigenvalue weighted by Gasteiger charge is -2.38. The Morgan fingerprint density at radius 3 is 2.30 bits per heavy atom. The topological polar surface area (TPSA) is 46.5 Å². The lowest BCUT2D eigenvalue weighted by molar-refractivity contribution is -0.140. The lowest BCUT2D eigenvalue weighted by atomic mass is 9.83. The first-order valence-electron chi connectivity index (χ1n) is 12.5. The smallest absolute Gasteiger partial charge is 0.333 e. The number of ether oxygens (including phenoxy) is 1. The number of aromatic hydroxyl groups is 1. The van der Waals surface area contributed by atoms with Gasteiger partial charge in [-0.15, -0.1) is 0 Å². The van der Waals surface area contributed by atoms with Crippen LogP contribution in [0.25, 0.3) is 11.1 Å². The van der Waals surface area contributed by atoms with Crippen LogP contribution < -0.4 is 0 Å². The van der Waals surface area contributed by atoms with Gasteiger partial charge in [-0.1, -0.05) is 88.7 Å². The summed E-state index contributed by atoms with van der Waals surface area (Å²) in [7, 11) is -1.09. The molecule has 2 aromatic carbocycles. The molecule has 0 spiro atoms. The second-order valence-electron chi connectivity index (χ2n) is 10.5. The Hall–Kier alpha value is -2.33. The molecular weight excluding hydrogens is 424 g/mol. The number of phenols is 1. The molecule has 1 N–H and O–H groups in total. The molecule has 0 saturated heterocycles. The first-order chi connectivity index (χ1) is 15.7. The second kappa shape index (κ2) is 11.2. The average Bonchev–Trinajstić information content (AvgIpc) is 2.82. The van der Waals surface area contributed by atoms with Crippen LogP contribution >= 0.6 is 0 Å². The molecule has 0 radical (unpaired) electrons. The van der Waals surface area contributed by atoms with Crippen molar-refractivity contribution in [1.29, 1.82) is 0 Å². The molecule has 0 aliphatic heterocycles. The zero-order chi connectivity index (χ0) is 24.0. The zero-order valence-corrected chi connectivity index (χ0v) is 21.8. The summed E-state index contributed by atoms with van der Waals surface area (Å²) in [5.41, 5.74) is 5.48. The van der Waals surface area contributed by atoms with Gasteiger partial charge in [0.05, 0.1) is 8.07 Å². The van der Waals surface area contributed by atoms with E-state index >= 15 is 0 Å². The summed E-state index contributed by atoms with van der Waals surface area (Å²) in [5, 5.41) is 10.2. The van der Waals surface area contributed by atoms with Gasteiger partial charge in [-0.05, 0) is 60.0 Å². The molecule has 178 valence electrons. The molecule has 0 aromatic heterocycles. The van der Waals surface area contributed by atoms with E-state index in [1.54, 1.807) is 13.0 Å². The summed E-state index contributed by atoms with van der Waals surface area (Å²) >= 11 is 0. The normalized spacial score (nSPS) is 18.7. The number of hydrogen-bond donors (Lipinski definition) is 1. The van der Waals surface area contributed by atoms with Crippen molar-refractivity contribution in [2.24, 2.45) is 0 Å². The molecule has 0 amide bonds. The molecule has 33 heavy (non-hydrogen) atoms. The summed E-state index contributed by atoms with van der Waals surface area (Å²) in [6, 6.07) is 15.8. The van der Waals surface area contributed by atoms with Gasteiger partial charge in [0.15, 0.2) is 0 Å². The average molecular weight is 465 g/mol. The molecule has 3 nitrogen and oxygen atoms in total. The summed E-state index contributed by atoms with van der Waals surface area (Å²) < 4.78 is 5.22. The third-order valence-corrected chi connectivity index (χ3v) is 11.9. The van der Waals surface area contributed by atoms with E-state index in [1.165, 1.54) is 50.1 Å². The highest BCUT2D eigenvalue weighted by molar-refractivity contribution is 6.78. The molecule has 4 heteroatoms. The van der Waals surface area contributed by atoms with Gasteiger partial charge in [0, 0.05) is 11.1 Å². The molecule has 2 aromatic rings. The van der Waals surface area contributed by atoms with Crippen molar-refractivity contribution >= 4 is 14.0 Å². The van der Waals surface area contributed by atoms with Crippen LogP contribution in [0.3, 0.4) is 0 Å². The Morgan fingerprint density at radius 2 is 1.70 bits per heavy atom. The van der Waals surface area contributed by atoms with E-state index in [0.717, 1.165) is 16.7 Å². The SMILES string of the molecule is C=C(C)C(=O)OCc1cc(-c2ccc(C3CCC([Si](C)(C)CCCC)CC3)cc2)ccc1O. The van der Waals surface area contributed by atoms with Crippen LogP contribution in [-0.4, -0.2) is 19.1 Å². The fraction of sp³-hybridized carbons (Fsp3) is 0.483. The van der Waals surface area contributed by atoms with Gasteiger partial charge < -0.3 is 9.84 Å². The molecule has 1 aliphatic rings. The van der Waals surface area contributed by atoms with E-state index in [4.69, 9.17) is 4.74 Å². The lowest BCUT2D eigenvalue weighted by Crippen LogP contribution is -2.34. The number of unbranched alkanes of at least 4 members (excludes halogenated alkanes) is 1. The van der Waals surface area contributed by atoms with E-state index in [9.17, 15) is 9.90 Å². The summed E-state index contributed by atoms with van der Waals surface area (Å²) in [4.78, 5) is 11.7. The Balaban J connectivity index is 1.63. The van der Waals surface area contributed by atoms with Crippen molar-refractivity contribution in [1.82, 2.24) is 0 Å². The van der Waals surface area contributed by atoms with Gasteiger partial charge in [-0.25, -0.2) is 4.79 Å². The van der Waals surface area contributed by atoms with Crippen LogP contribution in [0.1, 0.15) is 69.4 Å². The molecular formula is C29H40O3Si. The van der Waals surface area contributed by atoms with Crippen molar-refractivity contribution in [2.45, 2.75) is 89.6 Å². The fourth-order valence-corrected chi connectivity index (χ4v) is 8.71. The van der Waals surface area contributed by atoms with Crippen LogP contribution in [0.15, 0.2) is 54.6 Å². The van der Waals surface area contributed by atoms with Crippen molar-refractivity contribution in [3.05, 3.63) is 65.7 Å². The van der Waals surface area contributed by atoms with Crippen molar-refractivity contribution in [3.63, 3.8) is 0 Å². The van der Waals surface area contributed by atoms with Gasteiger partial charge in [0.25, 0.3) is 0 Å². The van der Waals surface area contributed by atoms with E-state index in [-0.39, 0.29) is 12.4 Å². The highest BCUT2D eigenvalue weighted by Crippen LogP contribution is 2.45. The minimum Gasteiger partial charge on any atom is -0.508 e. The van der Waals surface area contributed by atoms with Crippen molar-refractivity contribution < 1.29 is 14.6 Å². The first-order valence-corrected chi connectivity index (χ1v) is 15.7. The predicted octanol–water partition coefficient (Wildman–Crippen LogP) is 8.21. The third-order valence-electron chi connectivity index (χ3n) is 7.51. The summed E-state index contributed by atoms with van der Waals surface area (Å²) in [6.45, 7) is 12.8. The van der Waals surface area contributed by atoms with Gasteiger partial charge in [-0.3, -0.25) is 0 Å². The van der Waals surface area contributed by atoms with E-state index in [1.807, 2.05) is 12.1 Å². The van der Waals surface area contributed by atoms with Gasteiger partial charge in [-0.2, -0.15) is 0 Å². The number of carbonyl (C=O) groups is 1. The van der Waals surface area contributed by atoms with Gasteiger partial charge >= 0.3 is 5.97 Å². The molecule has 1 fully saturated rings. The van der Waals surface area contributed by atoms with Crippen LogP contribution in [0.2, 0.25) is 24.7 Å². The third kappa shape index (κ3) is 6.60. The second-order valence-corrected chi connectivity index (χ2v) is 15.8. The predicted molar refractivity (Wildman–Crippen MR) is 140 cm³/mol. The molecule has 1 aliphatic carbocycles. The quantitative estimate of drug-likeness (QED) is 0.231. The number of carbonyl (C=O) groups excluding carboxylic acids is 1. The van der Waals surface area contributed by atoms with E-state index in [2.05, 4.69) is 50.9 Å². The van der Waals surface area contributed by atoms with Crippen molar-refractivity contribution in [2.75, 3.05) is 0 Å². The summed E-state index contributed by atoms with van der Waals surface area (Å²) in [5.74, 6) is 0.352. The minimum atomic E-state index is -1.09. The Morgan fingerprint density at radius 1 is 1.06 bits per heavy atom. The van der Waals surface area contributed by atoms with Crippen LogP contribution in [0.5, 0.6) is 5.75 Å². The molecule has 0 bridgehead atoms. The molecule has 0 atom stereocenters. The zero-order valence-electron chi connectivity index (χ0n) is 20.8. The van der Waals surface area contributed by atoms with E-state index < -0.39 is 14.0 Å². The molecule has 0 unspecified atom stereocenters. The Kier molecular flexibility index (Phi) is 8.58. The number of hydrogen-bond acceptors (Lipinski definition) is 3. The first kappa shape index (κ1) is 25.3. The van der Waals surface area contributed by atoms with Crippen LogP contribution in [0.4, 0.5) is 0 Å².